The van der Waals surface area contributed by atoms with Gasteiger partial charge in [-0.25, -0.2) is 14.7 Å². The topological polar surface area (TPSA) is 97.8 Å². The highest BCUT2D eigenvalue weighted by Gasteiger charge is 2.22. The molecule has 0 aromatic carbocycles. The van der Waals surface area contributed by atoms with Crippen LogP contribution in [0.3, 0.4) is 0 Å². The van der Waals surface area contributed by atoms with Crippen molar-refractivity contribution in [2.24, 2.45) is 12.0 Å². The highest BCUT2D eigenvalue weighted by molar-refractivity contribution is 14.0. The summed E-state index contributed by atoms with van der Waals surface area (Å²) in [6, 6.07) is 0.290. The van der Waals surface area contributed by atoms with E-state index in [1.54, 1.807) is 0 Å². The zero-order valence-electron chi connectivity index (χ0n) is 15.9. The van der Waals surface area contributed by atoms with Crippen molar-refractivity contribution < 1.29 is 0 Å². The predicted octanol–water partition coefficient (Wildman–Crippen LogP) is 0.966. The fourth-order valence-corrected chi connectivity index (χ4v) is 2.88. The van der Waals surface area contributed by atoms with E-state index in [1.807, 2.05) is 23.2 Å². The van der Waals surface area contributed by atoms with Gasteiger partial charge in [0.2, 0.25) is 0 Å². The third-order valence-corrected chi connectivity index (χ3v) is 4.46. The molecule has 0 saturated heterocycles. The molecule has 1 aliphatic rings. The van der Waals surface area contributed by atoms with E-state index in [0.717, 1.165) is 61.6 Å². The van der Waals surface area contributed by atoms with Gasteiger partial charge in [-0.15, -0.1) is 34.2 Å². The molecule has 3 rings (SSSR count). The Kier molecular flexibility index (Phi) is 7.35. The van der Waals surface area contributed by atoms with E-state index < -0.39 is 0 Å². The van der Waals surface area contributed by atoms with Gasteiger partial charge in [0.1, 0.15) is 18.2 Å². The zero-order chi connectivity index (χ0) is 17.8. The van der Waals surface area contributed by atoms with Crippen molar-refractivity contribution >= 4 is 29.9 Å². The monoisotopic (exact) mass is 473 g/mol. The molecule has 0 saturated carbocycles. The molecule has 0 aliphatic carbocycles. The van der Waals surface area contributed by atoms with Crippen LogP contribution in [0.15, 0.2) is 4.99 Å². The molecule has 1 unspecified atom stereocenters. The van der Waals surface area contributed by atoms with E-state index in [2.05, 4.69) is 49.8 Å². The first kappa shape index (κ1) is 20.6. The third-order valence-electron chi connectivity index (χ3n) is 4.46. The summed E-state index contributed by atoms with van der Waals surface area (Å²) in [6.45, 7) is 8.20. The molecule has 0 bridgehead atoms. The molecule has 3 heterocycles. The van der Waals surface area contributed by atoms with E-state index in [4.69, 9.17) is 0 Å². The average Bonchev–Trinajstić information content (AvgIpc) is 3.16. The molecular formula is C16H28IN9. The van der Waals surface area contributed by atoms with Gasteiger partial charge < -0.3 is 15.2 Å². The average molecular weight is 473 g/mol. The van der Waals surface area contributed by atoms with Crippen LogP contribution >= 0.6 is 24.0 Å². The van der Waals surface area contributed by atoms with Crippen LogP contribution < -0.4 is 10.6 Å². The molecule has 2 N–H and O–H groups in total. The lowest BCUT2D eigenvalue weighted by molar-refractivity contribution is 0.392. The van der Waals surface area contributed by atoms with Gasteiger partial charge in [0.05, 0.1) is 6.54 Å². The molecule has 1 aliphatic heterocycles. The van der Waals surface area contributed by atoms with Crippen LogP contribution in [0.25, 0.3) is 0 Å². The van der Waals surface area contributed by atoms with Crippen LogP contribution in [0.1, 0.15) is 43.6 Å². The van der Waals surface area contributed by atoms with Gasteiger partial charge in [-0.05, 0) is 20.3 Å². The summed E-state index contributed by atoms with van der Waals surface area (Å²) in [5, 5.41) is 19.6. The summed E-state index contributed by atoms with van der Waals surface area (Å²) in [6.07, 6.45) is 2.83. The fraction of sp³-hybridized carbons (Fsp3) is 0.688. The van der Waals surface area contributed by atoms with Gasteiger partial charge in [0.25, 0.3) is 0 Å². The Balaban J connectivity index is 0.00000243. The van der Waals surface area contributed by atoms with Crippen molar-refractivity contribution in [3.05, 3.63) is 23.3 Å². The molecule has 1 atom stereocenters. The summed E-state index contributed by atoms with van der Waals surface area (Å²) < 4.78 is 3.98. The largest absolute Gasteiger partial charge is 0.357 e. The van der Waals surface area contributed by atoms with Crippen molar-refractivity contribution in [1.82, 2.24) is 40.2 Å². The Morgan fingerprint density at radius 1 is 1.31 bits per heavy atom. The number of hydrogen-bond acceptors (Lipinski definition) is 5. The van der Waals surface area contributed by atoms with Crippen LogP contribution in [0, 0.1) is 6.92 Å². The number of hydrogen-bond donors (Lipinski definition) is 2. The molecule has 10 heteroatoms. The lowest BCUT2D eigenvalue weighted by atomic mass is 10.1. The lowest BCUT2D eigenvalue weighted by Gasteiger charge is -2.25. The highest BCUT2D eigenvalue weighted by atomic mass is 127. The highest BCUT2D eigenvalue weighted by Crippen LogP contribution is 2.13. The zero-order valence-corrected chi connectivity index (χ0v) is 18.2. The molecule has 0 spiro atoms. The molecule has 0 radical (unpaired) electrons. The number of rotatable bonds is 5. The Labute approximate surface area is 171 Å². The fourth-order valence-electron chi connectivity index (χ4n) is 2.88. The minimum Gasteiger partial charge on any atom is -0.357 e. The van der Waals surface area contributed by atoms with Gasteiger partial charge in [-0.2, -0.15) is 5.10 Å². The van der Waals surface area contributed by atoms with Crippen molar-refractivity contribution in [2.75, 3.05) is 6.54 Å². The lowest BCUT2D eigenvalue weighted by Crippen LogP contribution is -2.47. The molecule has 2 aromatic heterocycles. The van der Waals surface area contributed by atoms with Crippen LogP contribution in [-0.4, -0.2) is 48.1 Å². The second kappa shape index (κ2) is 9.28. The number of guanidine groups is 1. The summed E-state index contributed by atoms with van der Waals surface area (Å²) in [5.41, 5.74) is 0. The van der Waals surface area contributed by atoms with Gasteiger partial charge in [0.15, 0.2) is 17.6 Å². The molecule has 144 valence electrons. The minimum atomic E-state index is 0. The van der Waals surface area contributed by atoms with E-state index in [9.17, 15) is 0 Å². The normalized spacial score (nSPS) is 16.8. The maximum Gasteiger partial charge on any atom is 0.191 e. The predicted molar refractivity (Wildman–Crippen MR) is 111 cm³/mol. The van der Waals surface area contributed by atoms with Crippen molar-refractivity contribution in [2.45, 2.75) is 59.2 Å². The Hall–Kier alpha value is -1.72. The van der Waals surface area contributed by atoms with Crippen molar-refractivity contribution in [3.63, 3.8) is 0 Å². The summed E-state index contributed by atoms with van der Waals surface area (Å²) in [4.78, 5) is 9.22. The SMILES string of the molecule is CCNC(=NCc1nnc(C)n1C)NC1CCc2nc(CC)nn2C1.I. The summed E-state index contributed by atoms with van der Waals surface area (Å²) in [7, 11) is 1.96. The molecule has 26 heavy (non-hydrogen) atoms. The first-order valence-electron chi connectivity index (χ1n) is 8.93. The molecule has 0 amide bonds. The van der Waals surface area contributed by atoms with Gasteiger partial charge in [-0.3, -0.25) is 0 Å². The van der Waals surface area contributed by atoms with Crippen molar-refractivity contribution in [1.29, 1.82) is 0 Å². The van der Waals surface area contributed by atoms with Crippen LogP contribution in [0.2, 0.25) is 0 Å². The number of aromatic nitrogens is 6. The molecule has 9 nitrogen and oxygen atoms in total. The molecular weight excluding hydrogens is 445 g/mol. The number of nitrogens with one attached hydrogen (secondary N) is 2. The smallest absolute Gasteiger partial charge is 0.191 e. The van der Waals surface area contributed by atoms with E-state index >= 15 is 0 Å². The Morgan fingerprint density at radius 3 is 2.77 bits per heavy atom. The second-order valence-corrected chi connectivity index (χ2v) is 6.28. The quantitative estimate of drug-likeness (QED) is 0.382. The second-order valence-electron chi connectivity index (χ2n) is 6.28. The maximum absolute atomic E-state index is 4.66. The van der Waals surface area contributed by atoms with Crippen LogP contribution in [-0.2, 0) is 33.0 Å². The number of aliphatic imine (C=N–C) groups is 1. The van der Waals surface area contributed by atoms with E-state index in [-0.39, 0.29) is 30.0 Å². The summed E-state index contributed by atoms with van der Waals surface area (Å²) >= 11 is 0. The van der Waals surface area contributed by atoms with Crippen molar-refractivity contribution in [3.8, 4) is 0 Å². The first-order valence-corrected chi connectivity index (χ1v) is 8.93. The number of fused-ring (bicyclic) bond motifs is 1. The number of halogens is 1. The van der Waals surface area contributed by atoms with E-state index in [0.29, 0.717) is 6.54 Å². The molecule has 0 fully saturated rings. The standard InChI is InChI=1S/C16H27N9.HI/c1-5-13-20-14-8-7-12(10-25(14)23-13)19-16(17-6-2)18-9-15-22-21-11(3)24(15)4;/h12H,5-10H2,1-4H3,(H2,17,18,19);1H. The van der Waals surface area contributed by atoms with E-state index in [1.165, 1.54) is 0 Å². The van der Waals surface area contributed by atoms with Gasteiger partial charge >= 0.3 is 0 Å². The van der Waals surface area contributed by atoms with Gasteiger partial charge in [-0.1, -0.05) is 6.92 Å². The number of nitrogens with zero attached hydrogens (tertiary/aromatic N) is 7. The van der Waals surface area contributed by atoms with Crippen LogP contribution in [0.5, 0.6) is 0 Å². The third kappa shape index (κ3) is 4.71. The summed E-state index contributed by atoms with van der Waals surface area (Å²) in [5.74, 6) is 4.55. The number of aryl methyl sites for hydroxylation is 3. The Bertz CT molecular complexity index is 749. The first-order chi connectivity index (χ1) is 12.1. The molecule has 2 aromatic rings. The van der Waals surface area contributed by atoms with Crippen LogP contribution in [0.4, 0.5) is 0 Å². The minimum absolute atomic E-state index is 0. The maximum atomic E-state index is 4.66. The van der Waals surface area contributed by atoms with Gasteiger partial charge in [0, 0.05) is 32.5 Å². The Morgan fingerprint density at radius 2 is 2.12 bits per heavy atom.